The molecular weight excluding hydrogens is 385 g/mol. The zero-order valence-corrected chi connectivity index (χ0v) is 16.6. The first-order valence-electron chi connectivity index (χ1n) is 9.43. The van der Waals surface area contributed by atoms with Gasteiger partial charge in [0.15, 0.2) is 5.69 Å². The fraction of sp³-hybridized carbons (Fsp3) is 0.500. The number of halogens is 3. The number of carbonyl (C=O) groups is 1. The lowest BCUT2D eigenvalue weighted by Crippen LogP contribution is -2.24. The van der Waals surface area contributed by atoms with Crippen molar-refractivity contribution in [3.63, 3.8) is 0 Å². The number of aliphatic hydroxyl groups excluding tert-OH is 1. The van der Waals surface area contributed by atoms with Gasteiger partial charge in [0, 0.05) is 23.5 Å². The van der Waals surface area contributed by atoms with Crippen molar-refractivity contribution in [1.29, 1.82) is 0 Å². The topological polar surface area (TPSA) is 93.2 Å². The average molecular weight is 410 g/mol. The molecule has 1 heterocycles. The fourth-order valence-corrected chi connectivity index (χ4v) is 3.66. The van der Waals surface area contributed by atoms with Crippen LogP contribution in [0.4, 0.5) is 18.9 Å². The van der Waals surface area contributed by atoms with Gasteiger partial charge in [0.05, 0.1) is 17.4 Å². The first-order chi connectivity index (χ1) is 13.4. The summed E-state index contributed by atoms with van der Waals surface area (Å²) in [6, 6.07) is 4.53. The summed E-state index contributed by atoms with van der Waals surface area (Å²) in [6.45, 7) is 5.77. The Morgan fingerprint density at radius 1 is 1.41 bits per heavy atom. The minimum Gasteiger partial charge on any atom is -0.392 e. The second kappa shape index (κ2) is 7.37. The molecule has 0 saturated carbocycles. The molecule has 0 spiro atoms. The van der Waals surface area contributed by atoms with Crippen LogP contribution in [0.5, 0.6) is 0 Å². The summed E-state index contributed by atoms with van der Waals surface area (Å²) in [7, 11) is 0. The molecule has 1 amide bonds. The smallest absolute Gasteiger partial charge is 0.392 e. The number of carbonyl (C=O) groups excluding carboxylic acids is 1. The van der Waals surface area contributed by atoms with Crippen LogP contribution in [0, 0.1) is 5.41 Å². The zero-order chi connectivity index (χ0) is 21.6. The molecular formula is C20H25F3N4O2. The quantitative estimate of drug-likeness (QED) is 0.705. The van der Waals surface area contributed by atoms with Gasteiger partial charge in [0.2, 0.25) is 0 Å². The van der Waals surface area contributed by atoms with Crippen LogP contribution in [0.25, 0.3) is 5.69 Å². The molecule has 0 fully saturated rings. The van der Waals surface area contributed by atoms with Gasteiger partial charge in [0.25, 0.3) is 5.91 Å². The highest BCUT2D eigenvalue weighted by Crippen LogP contribution is 2.42. The van der Waals surface area contributed by atoms with E-state index in [1.807, 2.05) is 13.8 Å². The molecule has 1 aromatic heterocycles. The largest absolute Gasteiger partial charge is 0.435 e. The lowest BCUT2D eigenvalue weighted by Gasteiger charge is -2.30. The SMILES string of the molecule is CC(O)CNc1cc(-n2nc(C(F)(F)F)c3c2CC(C)(C)CC3)ccc1C(N)=O. The Balaban J connectivity index is 2.14. The van der Waals surface area contributed by atoms with Gasteiger partial charge in [-0.2, -0.15) is 18.3 Å². The van der Waals surface area contributed by atoms with E-state index in [0.717, 1.165) is 0 Å². The Kier molecular flexibility index (Phi) is 5.38. The predicted octanol–water partition coefficient (Wildman–Crippen LogP) is 3.30. The Labute approximate surface area is 166 Å². The van der Waals surface area contributed by atoms with Gasteiger partial charge in [-0.25, -0.2) is 4.68 Å². The van der Waals surface area contributed by atoms with Crippen molar-refractivity contribution in [3.8, 4) is 5.69 Å². The van der Waals surface area contributed by atoms with E-state index >= 15 is 0 Å². The highest BCUT2D eigenvalue weighted by molar-refractivity contribution is 5.98. The van der Waals surface area contributed by atoms with Crippen molar-refractivity contribution < 1.29 is 23.1 Å². The van der Waals surface area contributed by atoms with Gasteiger partial charge in [-0.05, 0) is 49.8 Å². The number of hydrogen-bond donors (Lipinski definition) is 3. The lowest BCUT2D eigenvalue weighted by molar-refractivity contribution is -0.142. The summed E-state index contributed by atoms with van der Waals surface area (Å²) in [4.78, 5) is 11.7. The number of aromatic nitrogens is 2. The zero-order valence-electron chi connectivity index (χ0n) is 16.6. The lowest BCUT2D eigenvalue weighted by atomic mass is 9.76. The summed E-state index contributed by atoms with van der Waals surface area (Å²) in [5, 5.41) is 16.3. The molecule has 29 heavy (non-hydrogen) atoms. The molecule has 1 aromatic carbocycles. The third-order valence-electron chi connectivity index (χ3n) is 5.16. The van der Waals surface area contributed by atoms with E-state index < -0.39 is 23.9 Å². The molecule has 6 nitrogen and oxygen atoms in total. The summed E-state index contributed by atoms with van der Waals surface area (Å²) in [5.41, 5.74) is 6.08. The van der Waals surface area contributed by atoms with Crippen molar-refractivity contribution in [2.24, 2.45) is 11.1 Å². The van der Waals surface area contributed by atoms with Crippen LogP contribution in [0.2, 0.25) is 0 Å². The van der Waals surface area contributed by atoms with Gasteiger partial charge in [-0.1, -0.05) is 13.8 Å². The van der Waals surface area contributed by atoms with Crippen LogP contribution >= 0.6 is 0 Å². The van der Waals surface area contributed by atoms with Crippen LogP contribution in [0.15, 0.2) is 18.2 Å². The molecule has 0 bridgehead atoms. The first-order valence-corrected chi connectivity index (χ1v) is 9.43. The number of alkyl halides is 3. The number of amides is 1. The number of rotatable bonds is 5. The van der Waals surface area contributed by atoms with Crippen LogP contribution in [-0.2, 0) is 19.0 Å². The van der Waals surface area contributed by atoms with Crippen molar-refractivity contribution >= 4 is 11.6 Å². The molecule has 158 valence electrons. The molecule has 4 N–H and O–H groups in total. The second-order valence-corrected chi connectivity index (χ2v) is 8.35. The van der Waals surface area contributed by atoms with Crippen molar-refractivity contribution in [1.82, 2.24) is 9.78 Å². The van der Waals surface area contributed by atoms with Crippen LogP contribution in [-0.4, -0.2) is 33.4 Å². The highest BCUT2D eigenvalue weighted by atomic mass is 19.4. The number of aliphatic hydroxyl groups is 1. The number of hydrogen-bond acceptors (Lipinski definition) is 4. The van der Waals surface area contributed by atoms with Gasteiger partial charge in [-0.3, -0.25) is 4.79 Å². The summed E-state index contributed by atoms with van der Waals surface area (Å²) in [5.74, 6) is -0.677. The van der Waals surface area contributed by atoms with E-state index in [9.17, 15) is 23.1 Å². The fourth-order valence-electron chi connectivity index (χ4n) is 3.66. The van der Waals surface area contributed by atoms with Gasteiger partial charge in [-0.15, -0.1) is 0 Å². The average Bonchev–Trinajstić information content (AvgIpc) is 2.97. The number of nitrogens with two attached hydrogens (primary N) is 1. The number of anilines is 1. The van der Waals surface area contributed by atoms with E-state index in [4.69, 9.17) is 5.73 Å². The third kappa shape index (κ3) is 4.39. The number of primary amides is 1. The monoisotopic (exact) mass is 410 g/mol. The summed E-state index contributed by atoms with van der Waals surface area (Å²) < 4.78 is 42.1. The van der Waals surface area contributed by atoms with Gasteiger partial charge in [0.1, 0.15) is 0 Å². The third-order valence-corrected chi connectivity index (χ3v) is 5.16. The minimum absolute atomic E-state index is 0.145. The van der Waals surface area contributed by atoms with Crippen LogP contribution < -0.4 is 11.1 Å². The van der Waals surface area contributed by atoms with Crippen LogP contribution in [0.3, 0.4) is 0 Å². The molecule has 1 aliphatic carbocycles. The Bertz CT molecular complexity index is 933. The normalized spacial score (nSPS) is 16.9. The Morgan fingerprint density at radius 3 is 2.69 bits per heavy atom. The standard InChI is InChI=1S/C20H25F3N4O2/c1-11(28)10-25-15-8-12(4-5-13(15)18(24)29)27-16-9-19(2,3)7-6-14(16)17(26-27)20(21,22)23/h4-5,8,11,25,28H,6-7,9-10H2,1-3H3,(H2,24,29). The van der Waals surface area contributed by atoms with E-state index in [1.54, 1.807) is 6.92 Å². The number of fused-ring (bicyclic) bond motifs is 1. The van der Waals surface area contributed by atoms with Crippen LogP contribution in [0.1, 0.15) is 54.5 Å². The molecule has 3 rings (SSSR count). The summed E-state index contributed by atoms with van der Waals surface area (Å²) >= 11 is 0. The van der Waals surface area contributed by atoms with Gasteiger partial charge < -0.3 is 16.2 Å². The molecule has 1 aliphatic rings. The predicted molar refractivity (Wildman–Crippen MR) is 103 cm³/mol. The van der Waals surface area contributed by atoms with Crippen molar-refractivity contribution in [2.75, 3.05) is 11.9 Å². The van der Waals surface area contributed by atoms with E-state index in [2.05, 4.69) is 10.4 Å². The summed E-state index contributed by atoms with van der Waals surface area (Å²) in [6.07, 6.45) is -3.81. The van der Waals surface area contributed by atoms with E-state index in [-0.39, 0.29) is 23.1 Å². The molecule has 1 atom stereocenters. The molecule has 9 heteroatoms. The Hall–Kier alpha value is -2.55. The van der Waals surface area contributed by atoms with Crippen molar-refractivity contribution in [3.05, 3.63) is 40.7 Å². The first kappa shape index (κ1) is 21.2. The maximum absolute atomic E-state index is 13.6. The highest BCUT2D eigenvalue weighted by Gasteiger charge is 2.42. The molecule has 0 radical (unpaired) electrons. The second-order valence-electron chi connectivity index (χ2n) is 8.35. The molecule has 0 saturated heterocycles. The van der Waals surface area contributed by atoms with Crippen molar-refractivity contribution in [2.45, 2.75) is 52.3 Å². The minimum atomic E-state index is -4.54. The molecule has 1 unspecified atom stereocenters. The number of benzene rings is 1. The molecule has 2 aromatic rings. The van der Waals surface area contributed by atoms with Gasteiger partial charge >= 0.3 is 6.18 Å². The Morgan fingerprint density at radius 2 is 2.10 bits per heavy atom. The molecule has 0 aliphatic heterocycles. The van der Waals surface area contributed by atoms with E-state index in [1.165, 1.54) is 22.9 Å². The number of nitrogens with zero attached hydrogens (tertiary/aromatic N) is 2. The maximum Gasteiger partial charge on any atom is 0.435 e. The number of nitrogens with one attached hydrogen (secondary N) is 1. The van der Waals surface area contributed by atoms with E-state index in [0.29, 0.717) is 36.3 Å². The maximum atomic E-state index is 13.6.